The summed E-state index contributed by atoms with van der Waals surface area (Å²) < 4.78 is 11.8. The molecule has 1 heterocycles. The zero-order valence-corrected chi connectivity index (χ0v) is 24.2. The van der Waals surface area contributed by atoms with E-state index in [0.29, 0.717) is 33.7 Å². The second kappa shape index (κ2) is 10.6. The highest BCUT2D eigenvalue weighted by Crippen LogP contribution is 2.61. The molecule has 8 rings (SSSR count). The Hall–Kier alpha value is -4.13. The first-order valence-corrected chi connectivity index (χ1v) is 14.6. The summed E-state index contributed by atoms with van der Waals surface area (Å²) >= 11 is 12.6. The van der Waals surface area contributed by atoms with E-state index in [4.69, 9.17) is 32.7 Å². The SMILES string of the molecule is CCOc1cc(/C=N\N2C(=O)[C@@H]3C4c5ccccc5C(c5ccccc54)[C@@H]3C2=O)cc(Cl)c1OCc1ccc(Cl)cc1. The van der Waals surface area contributed by atoms with Gasteiger partial charge in [0, 0.05) is 16.9 Å². The van der Waals surface area contributed by atoms with Crippen LogP contribution in [0, 0.1) is 11.8 Å². The number of carbonyl (C=O) groups is 2. The molecule has 0 N–H and O–H groups in total. The Balaban J connectivity index is 1.18. The molecule has 0 aromatic heterocycles. The fourth-order valence-corrected chi connectivity index (χ4v) is 7.10. The van der Waals surface area contributed by atoms with Crippen LogP contribution in [0.1, 0.15) is 52.1 Å². The van der Waals surface area contributed by atoms with E-state index in [9.17, 15) is 9.59 Å². The number of hydrogen-bond donors (Lipinski definition) is 0. The first kappa shape index (κ1) is 26.7. The van der Waals surface area contributed by atoms with Crippen molar-refractivity contribution in [1.82, 2.24) is 5.01 Å². The molecule has 6 nitrogen and oxygen atoms in total. The number of amides is 2. The lowest BCUT2D eigenvalue weighted by molar-refractivity contribution is -0.139. The second-order valence-electron chi connectivity index (χ2n) is 10.7. The van der Waals surface area contributed by atoms with Gasteiger partial charge in [0.25, 0.3) is 11.8 Å². The minimum Gasteiger partial charge on any atom is -0.490 e. The quantitative estimate of drug-likeness (QED) is 0.167. The Morgan fingerprint density at radius 3 is 1.86 bits per heavy atom. The zero-order valence-electron chi connectivity index (χ0n) is 22.7. The van der Waals surface area contributed by atoms with Crippen molar-refractivity contribution in [2.24, 2.45) is 16.9 Å². The first-order valence-electron chi connectivity index (χ1n) is 13.9. The number of hydrazone groups is 1. The standard InChI is InChI=1S/C34H26Cl2N2O4/c1-2-41-27-16-20(15-26(36)32(27)42-18-19-11-13-21(35)14-12-19)17-37-38-33(39)30-28-22-7-3-4-8-23(22)29(31(30)34(38)40)25-10-6-5-9-24(25)28/h3-17,28-31H,2,18H2,1H3/b37-17-/t28?,29?,30-,31+. The molecule has 1 fully saturated rings. The fraction of sp³-hybridized carbons (Fsp3) is 0.206. The van der Waals surface area contributed by atoms with Crippen molar-refractivity contribution in [3.63, 3.8) is 0 Å². The Labute approximate surface area is 253 Å². The summed E-state index contributed by atoms with van der Waals surface area (Å²) in [6.07, 6.45) is 1.48. The molecule has 8 heteroatoms. The van der Waals surface area contributed by atoms with Crippen molar-refractivity contribution in [3.8, 4) is 11.5 Å². The van der Waals surface area contributed by atoms with Crippen molar-refractivity contribution in [2.75, 3.05) is 6.61 Å². The monoisotopic (exact) mass is 596 g/mol. The average molecular weight is 597 g/mol. The van der Waals surface area contributed by atoms with Crippen molar-refractivity contribution in [3.05, 3.63) is 128 Å². The highest BCUT2D eigenvalue weighted by Gasteiger charge is 2.61. The van der Waals surface area contributed by atoms with Crippen LogP contribution in [0.15, 0.2) is 90.0 Å². The third-order valence-electron chi connectivity index (χ3n) is 8.38. The van der Waals surface area contributed by atoms with Gasteiger partial charge in [0.05, 0.1) is 29.7 Å². The summed E-state index contributed by atoms with van der Waals surface area (Å²) in [5.74, 6) is -1.06. The molecule has 42 heavy (non-hydrogen) atoms. The van der Waals surface area contributed by atoms with Crippen LogP contribution in [0.3, 0.4) is 0 Å². The normalized spacial score (nSPS) is 21.8. The molecule has 0 radical (unpaired) electrons. The van der Waals surface area contributed by atoms with Gasteiger partial charge in [0.15, 0.2) is 11.5 Å². The highest BCUT2D eigenvalue weighted by molar-refractivity contribution is 6.32. The van der Waals surface area contributed by atoms with Gasteiger partial charge in [0.2, 0.25) is 0 Å². The van der Waals surface area contributed by atoms with Crippen LogP contribution in [0.25, 0.3) is 0 Å². The Kier molecular flexibility index (Phi) is 6.76. The summed E-state index contributed by atoms with van der Waals surface area (Å²) in [6.45, 7) is 2.53. The summed E-state index contributed by atoms with van der Waals surface area (Å²) in [5, 5.41) is 6.44. The zero-order chi connectivity index (χ0) is 29.0. The summed E-state index contributed by atoms with van der Waals surface area (Å²) in [7, 11) is 0. The minimum absolute atomic E-state index is 0.180. The van der Waals surface area contributed by atoms with E-state index in [1.54, 1.807) is 24.3 Å². The number of ether oxygens (including phenoxy) is 2. The van der Waals surface area contributed by atoms with Gasteiger partial charge < -0.3 is 9.47 Å². The van der Waals surface area contributed by atoms with Crippen LogP contribution in [0.4, 0.5) is 0 Å². The predicted octanol–water partition coefficient (Wildman–Crippen LogP) is 7.20. The van der Waals surface area contributed by atoms with Gasteiger partial charge >= 0.3 is 0 Å². The van der Waals surface area contributed by atoms with Gasteiger partial charge in [-0.1, -0.05) is 83.9 Å². The molecule has 1 aliphatic heterocycles. The molecule has 0 saturated carbocycles. The third-order valence-corrected chi connectivity index (χ3v) is 8.91. The maximum absolute atomic E-state index is 13.8. The predicted molar refractivity (Wildman–Crippen MR) is 161 cm³/mol. The van der Waals surface area contributed by atoms with Crippen molar-refractivity contribution < 1.29 is 19.1 Å². The number of halogens is 2. The maximum atomic E-state index is 13.8. The lowest BCUT2D eigenvalue weighted by Crippen LogP contribution is -2.41. The van der Waals surface area contributed by atoms with Crippen molar-refractivity contribution in [1.29, 1.82) is 0 Å². The van der Waals surface area contributed by atoms with E-state index < -0.39 is 11.8 Å². The number of imide groups is 1. The Morgan fingerprint density at radius 2 is 1.33 bits per heavy atom. The molecule has 2 bridgehead atoms. The highest BCUT2D eigenvalue weighted by atomic mass is 35.5. The molecule has 4 aliphatic rings. The summed E-state index contributed by atoms with van der Waals surface area (Å²) in [4.78, 5) is 27.6. The number of nitrogens with zero attached hydrogens (tertiary/aromatic N) is 2. The number of carbonyl (C=O) groups excluding carboxylic acids is 2. The Morgan fingerprint density at radius 1 is 0.786 bits per heavy atom. The van der Waals surface area contributed by atoms with E-state index in [-0.39, 0.29) is 30.3 Å². The molecule has 0 spiro atoms. The summed E-state index contributed by atoms with van der Waals surface area (Å²) in [5.41, 5.74) is 5.99. The van der Waals surface area contributed by atoms with Crippen LogP contribution < -0.4 is 9.47 Å². The van der Waals surface area contributed by atoms with Gasteiger partial charge in [-0.25, -0.2) is 0 Å². The van der Waals surface area contributed by atoms with Crippen LogP contribution >= 0.6 is 23.2 Å². The van der Waals surface area contributed by atoms with Crippen molar-refractivity contribution >= 4 is 41.2 Å². The third kappa shape index (κ3) is 4.29. The van der Waals surface area contributed by atoms with Crippen molar-refractivity contribution in [2.45, 2.75) is 25.4 Å². The lowest BCUT2D eigenvalue weighted by atomic mass is 9.55. The molecule has 3 aliphatic carbocycles. The average Bonchev–Trinajstić information content (AvgIpc) is 3.26. The molecule has 0 unspecified atom stereocenters. The fourth-order valence-electron chi connectivity index (χ4n) is 6.70. The molecule has 4 aromatic rings. The van der Waals surface area contributed by atoms with Crippen LogP contribution in [0.5, 0.6) is 11.5 Å². The van der Waals surface area contributed by atoms with E-state index in [1.807, 2.05) is 43.3 Å². The number of benzene rings is 4. The van der Waals surface area contributed by atoms with E-state index in [0.717, 1.165) is 32.8 Å². The van der Waals surface area contributed by atoms with Crippen LogP contribution in [-0.2, 0) is 16.2 Å². The van der Waals surface area contributed by atoms with Gasteiger partial charge in [-0.2, -0.15) is 10.1 Å². The van der Waals surface area contributed by atoms with E-state index in [2.05, 4.69) is 29.4 Å². The largest absolute Gasteiger partial charge is 0.490 e. The molecule has 2 atom stereocenters. The maximum Gasteiger partial charge on any atom is 0.254 e. The van der Waals surface area contributed by atoms with Crippen LogP contribution in [0.2, 0.25) is 10.0 Å². The minimum atomic E-state index is -0.490. The van der Waals surface area contributed by atoms with E-state index in [1.165, 1.54) is 6.21 Å². The molecule has 1 saturated heterocycles. The smallest absolute Gasteiger partial charge is 0.254 e. The second-order valence-corrected chi connectivity index (χ2v) is 11.5. The van der Waals surface area contributed by atoms with Gasteiger partial charge in [0.1, 0.15) is 6.61 Å². The number of rotatable bonds is 7. The van der Waals surface area contributed by atoms with Gasteiger partial charge in [-0.3, -0.25) is 9.59 Å². The Bertz CT molecular complexity index is 1640. The number of hydrogen-bond acceptors (Lipinski definition) is 5. The van der Waals surface area contributed by atoms with Gasteiger partial charge in [-0.15, -0.1) is 0 Å². The molecule has 4 aromatic carbocycles. The lowest BCUT2D eigenvalue weighted by Gasteiger charge is -2.45. The van der Waals surface area contributed by atoms with E-state index >= 15 is 0 Å². The molecular formula is C34H26Cl2N2O4. The van der Waals surface area contributed by atoms with Gasteiger partial charge in [-0.05, 0) is 64.6 Å². The first-order chi connectivity index (χ1) is 20.5. The summed E-state index contributed by atoms with van der Waals surface area (Å²) in [6, 6.07) is 27.1. The molecule has 210 valence electrons. The van der Waals surface area contributed by atoms with Crippen LogP contribution in [-0.4, -0.2) is 29.6 Å². The molecule has 2 amide bonds. The molecular weight excluding hydrogens is 571 g/mol. The topological polar surface area (TPSA) is 68.2 Å².